The fourth-order valence-corrected chi connectivity index (χ4v) is 2.45. The summed E-state index contributed by atoms with van der Waals surface area (Å²) in [5.41, 5.74) is 7.22. The van der Waals surface area contributed by atoms with Crippen LogP contribution in [-0.4, -0.2) is 31.6 Å². The summed E-state index contributed by atoms with van der Waals surface area (Å²) in [6.45, 7) is 7.12. The molecule has 0 spiro atoms. The van der Waals surface area contributed by atoms with Gasteiger partial charge in [0.1, 0.15) is 18.1 Å². The van der Waals surface area contributed by atoms with Gasteiger partial charge in [0.15, 0.2) is 6.61 Å². The van der Waals surface area contributed by atoms with E-state index in [1.807, 2.05) is 12.1 Å². The minimum Gasteiger partial charge on any atom is -0.492 e. The molecular weight excluding hydrogens is 368 g/mol. The lowest BCUT2D eigenvalue weighted by molar-refractivity contribution is -0.120. The molecule has 0 saturated heterocycles. The molecule has 0 unspecified atom stereocenters. The highest BCUT2D eigenvalue weighted by Crippen LogP contribution is 2.24. The summed E-state index contributed by atoms with van der Waals surface area (Å²) in [5.74, 6) is 0.585. The molecule has 0 heterocycles. The molecule has 0 radical (unpaired) electrons. The number of primary amides is 1. The van der Waals surface area contributed by atoms with Crippen molar-refractivity contribution in [1.82, 2.24) is 5.32 Å². The minimum absolute atomic E-state index is 0.107. The van der Waals surface area contributed by atoms with E-state index in [2.05, 4.69) is 38.2 Å². The zero-order valence-electron chi connectivity index (χ0n) is 17.1. The topological polar surface area (TPSA) is 90.7 Å². The number of nitrogens with two attached hydrogens (primary N) is 1. The van der Waals surface area contributed by atoms with E-state index in [4.69, 9.17) is 15.2 Å². The van der Waals surface area contributed by atoms with Gasteiger partial charge in [0.05, 0.1) is 6.54 Å². The van der Waals surface area contributed by atoms with Gasteiger partial charge in [-0.25, -0.2) is 0 Å². The van der Waals surface area contributed by atoms with Crippen LogP contribution in [0.3, 0.4) is 0 Å². The number of ether oxygens (including phenoxy) is 2. The van der Waals surface area contributed by atoms with Crippen molar-refractivity contribution in [3.05, 3.63) is 65.7 Å². The van der Waals surface area contributed by atoms with Crippen molar-refractivity contribution >= 4 is 17.9 Å². The van der Waals surface area contributed by atoms with Crippen LogP contribution in [0.15, 0.2) is 54.6 Å². The molecule has 154 valence electrons. The summed E-state index contributed by atoms with van der Waals surface area (Å²) in [7, 11) is 0. The van der Waals surface area contributed by atoms with Crippen LogP contribution in [0.5, 0.6) is 11.5 Å². The van der Waals surface area contributed by atoms with Crippen molar-refractivity contribution in [2.75, 3.05) is 19.8 Å². The number of rotatable bonds is 9. The summed E-state index contributed by atoms with van der Waals surface area (Å²) in [6.07, 6.45) is 3.15. The lowest BCUT2D eigenvalue weighted by Crippen LogP contribution is -2.26. The highest BCUT2D eigenvalue weighted by Gasteiger charge is 2.12. The average molecular weight is 396 g/mol. The highest BCUT2D eigenvalue weighted by molar-refractivity contribution is 5.91. The van der Waals surface area contributed by atoms with E-state index in [9.17, 15) is 9.59 Å². The van der Waals surface area contributed by atoms with Crippen molar-refractivity contribution in [1.29, 1.82) is 0 Å². The Balaban J connectivity index is 1.70. The quantitative estimate of drug-likeness (QED) is 0.503. The number of hydrogen-bond donors (Lipinski definition) is 2. The van der Waals surface area contributed by atoms with Crippen LogP contribution < -0.4 is 20.5 Å². The van der Waals surface area contributed by atoms with Crippen molar-refractivity contribution in [2.24, 2.45) is 5.73 Å². The Bertz CT molecular complexity index is 835. The number of benzene rings is 2. The van der Waals surface area contributed by atoms with E-state index in [-0.39, 0.29) is 17.9 Å². The fourth-order valence-electron chi connectivity index (χ4n) is 2.45. The molecule has 3 N–H and O–H groups in total. The summed E-state index contributed by atoms with van der Waals surface area (Å²) in [6, 6.07) is 15.0. The first-order valence-corrected chi connectivity index (χ1v) is 9.44. The van der Waals surface area contributed by atoms with Gasteiger partial charge < -0.3 is 20.5 Å². The maximum atomic E-state index is 11.9. The molecule has 0 bridgehead atoms. The molecule has 6 heteroatoms. The zero-order valence-corrected chi connectivity index (χ0v) is 17.1. The Morgan fingerprint density at radius 1 is 0.966 bits per heavy atom. The zero-order chi connectivity index (χ0) is 21.3. The molecule has 0 atom stereocenters. The van der Waals surface area contributed by atoms with Gasteiger partial charge in [-0.1, -0.05) is 45.0 Å². The number of carbonyl (C=O) groups excluding carboxylic acids is 2. The second-order valence-electron chi connectivity index (χ2n) is 7.57. The highest BCUT2D eigenvalue weighted by atomic mass is 16.5. The molecule has 2 aromatic rings. The van der Waals surface area contributed by atoms with Gasteiger partial charge in [0.2, 0.25) is 5.91 Å². The summed E-state index contributed by atoms with van der Waals surface area (Å²) >= 11 is 0. The van der Waals surface area contributed by atoms with E-state index in [0.717, 1.165) is 11.3 Å². The Morgan fingerprint density at radius 3 is 2.14 bits per heavy atom. The molecule has 2 rings (SSSR count). The third-order valence-corrected chi connectivity index (χ3v) is 4.08. The van der Waals surface area contributed by atoms with Crippen LogP contribution in [-0.2, 0) is 15.0 Å². The Hall–Kier alpha value is -3.28. The van der Waals surface area contributed by atoms with E-state index < -0.39 is 5.91 Å². The molecule has 0 fully saturated rings. The SMILES string of the molecule is CC(C)(C)c1ccc(OCCNC(=O)/C=C/c2ccc(OCC(N)=O)cc2)cc1. The maximum Gasteiger partial charge on any atom is 0.255 e. The lowest BCUT2D eigenvalue weighted by Gasteiger charge is -2.19. The largest absolute Gasteiger partial charge is 0.492 e. The molecule has 0 aromatic heterocycles. The van der Waals surface area contributed by atoms with Crippen LogP contribution in [0.1, 0.15) is 31.9 Å². The molecule has 0 saturated carbocycles. The van der Waals surface area contributed by atoms with E-state index in [1.54, 1.807) is 30.3 Å². The Morgan fingerprint density at radius 2 is 1.55 bits per heavy atom. The van der Waals surface area contributed by atoms with Crippen molar-refractivity contribution in [3.63, 3.8) is 0 Å². The smallest absolute Gasteiger partial charge is 0.255 e. The second-order valence-corrected chi connectivity index (χ2v) is 7.57. The molecule has 29 heavy (non-hydrogen) atoms. The molecule has 2 aromatic carbocycles. The fraction of sp³-hybridized carbons (Fsp3) is 0.304. The molecule has 6 nitrogen and oxygen atoms in total. The van der Waals surface area contributed by atoms with E-state index in [0.29, 0.717) is 18.9 Å². The van der Waals surface area contributed by atoms with Gasteiger partial charge in [0.25, 0.3) is 5.91 Å². The summed E-state index contributed by atoms with van der Waals surface area (Å²) in [4.78, 5) is 22.6. The lowest BCUT2D eigenvalue weighted by atomic mass is 9.87. The maximum absolute atomic E-state index is 11.9. The third-order valence-electron chi connectivity index (χ3n) is 4.08. The van der Waals surface area contributed by atoms with Crippen LogP contribution >= 0.6 is 0 Å². The first-order chi connectivity index (χ1) is 13.7. The molecular formula is C23H28N2O4. The number of nitrogens with one attached hydrogen (secondary N) is 1. The van der Waals surface area contributed by atoms with Crippen molar-refractivity contribution in [3.8, 4) is 11.5 Å². The molecule has 2 amide bonds. The number of carbonyl (C=O) groups is 2. The predicted molar refractivity (Wildman–Crippen MR) is 114 cm³/mol. The van der Waals surface area contributed by atoms with Crippen LogP contribution in [0.4, 0.5) is 0 Å². The van der Waals surface area contributed by atoms with E-state index >= 15 is 0 Å². The second kappa shape index (κ2) is 10.3. The van der Waals surface area contributed by atoms with Crippen LogP contribution in [0.25, 0.3) is 6.08 Å². The summed E-state index contributed by atoms with van der Waals surface area (Å²) in [5, 5.41) is 2.78. The van der Waals surface area contributed by atoms with Crippen LogP contribution in [0.2, 0.25) is 0 Å². The van der Waals surface area contributed by atoms with Crippen LogP contribution in [0, 0.1) is 0 Å². The van der Waals surface area contributed by atoms with Crippen molar-refractivity contribution < 1.29 is 19.1 Å². The number of hydrogen-bond acceptors (Lipinski definition) is 4. The predicted octanol–water partition coefficient (Wildman–Crippen LogP) is 3.06. The van der Waals surface area contributed by atoms with Gasteiger partial charge >= 0.3 is 0 Å². The first kappa shape index (κ1) is 22.0. The van der Waals surface area contributed by atoms with Gasteiger partial charge in [-0.05, 0) is 46.9 Å². The Labute approximate surface area is 171 Å². The molecule has 0 aliphatic heterocycles. The molecule has 0 aliphatic carbocycles. The summed E-state index contributed by atoms with van der Waals surface area (Å²) < 4.78 is 10.8. The normalized spacial score (nSPS) is 11.3. The standard InChI is InChI=1S/C23H28N2O4/c1-23(2,3)18-7-11-19(12-8-18)28-15-14-25-22(27)13-6-17-4-9-20(10-5-17)29-16-21(24)26/h4-13H,14-16H2,1-3H3,(H2,24,26)(H,25,27)/b13-6+. The minimum atomic E-state index is -0.531. The first-order valence-electron chi connectivity index (χ1n) is 9.44. The van der Waals surface area contributed by atoms with Gasteiger partial charge in [-0.2, -0.15) is 0 Å². The number of amides is 2. The van der Waals surface area contributed by atoms with Crippen molar-refractivity contribution in [2.45, 2.75) is 26.2 Å². The molecule has 0 aliphatic rings. The Kier molecular flexibility index (Phi) is 7.83. The third kappa shape index (κ3) is 8.09. The monoisotopic (exact) mass is 396 g/mol. The van der Waals surface area contributed by atoms with E-state index in [1.165, 1.54) is 11.6 Å². The van der Waals surface area contributed by atoms with Gasteiger partial charge in [-0.15, -0.1) is 0 Å². The van der Waals surface area contributed by atoms with Gasteiger partial charge in [0, 0.05) is 6.08 Å². The van der Waals surface area contributed by atoms with Gasteiger partial charge in [-0.3, -0.25) is 9.59 Å². The average Bonchev–Trinajstić information content (AvgIpc) is 2.68.